The Hall–Kier alpha value is -1.48. The minimum atomic E-state index is -0.913. The normalized spacial score (nSPS) is 12.4. The summed E-state index contributed by atoms with van der Waals surface area (Å²) in [5.41, 5.74) is 3.19. The highest BCUT2D eigenvalue weighted by molar-refractivity contribution is 7.84. The highest BCUT2D eigenvalue weighted by Gasteiger charge is 2.00. The third-order valence-corrected chi connectivity index (χ3v) is 3.37. The van der Waals surface area contributed by atoms with Gasteiger partial charge in [-0.15, -0.1) is 0 Å². The second kappa shape index (κ2) is 4.58. The fourth-order valence-corrected chi connectivity index (χ4v) is 2.00. The van der Waals surface area contributed by atoms with E-state index in [1.165, 1.54) is 0 Å². The van der Waals surface area contributed by atoms with E-state index in [2.05, 4.69) is 4.98 Å². The van der Waals surface area contributed by atoms with E-state index in [9.17, 15) is 4.21 Å². The predicted molar refractivity (Wildman–Crippen MR) is 66.7 cm³/mol. The van der Waals surface area contributed by atoms with Crippen molar-refractivity contribution in [2.45, 2.75) is 11.8 Å². The molecule has 0 fully saturated rings. The fraction of sp³-hybridized carbons (Fsp3) is 0.154. The van der Waals surface area contributed by atoms with Gasteiger partial charge in [-0.1, -0.05) is 18.2 Å². The lowest BCUT2D eigenvalue weighted by atomic mass is 10.1. The number of aryl methyl sites for hydroxylation is 1. The van der Waals surface area contributed by atoms with Crippen LogP contribution in [0.5, 0.6) is 0 Å². The molecule has 1 aromatic carbocycles. The third kappa shape index (κ3) is 2.36. The van der Waals surface area contributed by atoms with Crippen LogP contribution in [0.25, 0.3) is 11.1 Å². The summed E-state index contributed by atoms with van der Waals surface area (Å²) in [7, 11) is -0.913. The van der Waals surface area contributed by atoms with Crippen LogP contribution in [0.15, 0.2) is 47.5 Å². The molecule has 0 N–H and O–H groups in total. The maximum Gasteiger partial charge on any atom is 0.0498 e. The Balaban J connectivity index is 2.34. The van der Waals surface area contributed by atoms with Crippen molar-refractivity contribution in [2.24, 2.45) is 0 Å². The lowest BCUT2D eigenvalue weighted by Crippen LogP contribution is -1.87. The predicted octanol–water partition coefficient (Wildman–Crippen LogP) is 2.79. The largest absolute Gasteiger partial charge is 0.261 e. The molecule has 0 radical (unpaired) electrons. The van der Waals surface area contributed by atoms with Gasteiger partial charge in [0.05, 0.1) is 0 Å². The number of nitrogens with zero attached hydrogens (tertiary/aromatic N) is 1. The van der Waals surface area contributed by atoms with E-state index in [0.717, 1.165) is 21.7 Å². The minimum Gasteiger partial charge on any atom is -0.261 e. The number of hydrogen-bond donors (Lipinski definition) is 0. The van der Waals surface area contributed by atoms with Crippen LogP contribution in [0, 0.1) is 6.92 Å². The van der Waals surface area contributed by atoms with Gasteiger partial charge in [0.25, 0.3) is 0 Å². The van der Waals surface area contributed by atoms with Crippen LogP contribution in [0.2, 0.25) is 0 Å². The van der Waals surface area contributed by atoms with Gasteiger partial charge in [-0.3, -0.25) is 9.19 Å². The van der Waals surface area contributed by atoms with E-state index in [0.29, 0.717) is 0 Å². The van der Waals surface area contributed by atoms with Gasteiger partial charge in [-0.25, -0.2) is 0 Å². The standard InChI is InChI=1S/C13H13NOS/c1-10-3-4-12(9-14-10)11-5-7-13(8-6-11)16(2)15/h3-9H,1-2H3. The van der Waals surface area contributed by atoms with Crippen molar-refractivity contribution in [3.63, 3.8) is 0 Å². The first-order chi connectivity index (χ1) is 7.66. The monoisotopic (exact) mass is 231 g/mol. The molecule has 0 aliphatic heterocycles. The molecule has 2 nitrogen and oxygen atoms in total. The average Bonchev–Trinajstić information content (AvgIpc) is 2.30. The van der Waals surface area contributed by atoms with Crippen LogP contribution >= 0.6 is 0 Å². The highest BCUT2D eigenvalue weighted by Crippen LogP contribution is 2.19. The SMILES string of the molecule is Cc1ccc(-c2ccc(S(C)=O)cc2)cn1. The Bertz CT molecular complexity index is 502. The van der Waals surface area contributed by atoms with Crippen molar-refractivity contribution in [1.82, 2.24) is 4.98 Å². The first-order valence-electron chi connectivity index (χ1n) is 5.03. The van der Waals surface area contributed by atoms with E-state index in [4.69, 9.17) is 0 Å². The van der Waals surface area contributed by atoms with E-state index in [-0.39, 0.29) is 0 Å². The topological polar surface area (TPSA) is 30.0 Å². The lowest BCUT2D eigenvalue weighted by molar-refractivity contribution is 0.687. The van der Waals surface area contributed by atoms with Gasteiger partial charge in [-0.05, 0) is 30.7 Å². The van der Waals surface area contributed by atoms with Crippen molar-refractivity contribution in [3.8, 4) is 11.1 Å². The van der Waals surface area contributed by atoms with Crippen molar-refractivity contribution >= 4 is 10.8 Å². The maximum absolute atomic E-state index is 11.2. The minimum absolute atomic E-state index is 0.851. The number of rotatable bonds is 2. The molecule has 1 aromatic heterocycles. The van der Waals surface area contributed by atoms with E-state index in [1.807, 2.05) is 49.5 Å². The summed E-state index contributed by atoms with van der Waals surface area (Å²) in [6, 6.07) is 11.8. The molecule has 82 valence electrons. The van der Waals surface area contributed by atoms with Crippen LogP contribution < -0.4 is 0 Å². The third-order valence-electron chi connectivity index (χ3n) is 2.43. The second-order valence-corrected chi connectivity index (χ2v) is 5.05. The van der Waals surface area contributed by atoms with Gasteiger partial charge >= 0.3 is 0 Å². The van der Waals surface area contributed by atoms with Gasteiger partial charge in [-0.2, -0.15) is 0 Å². The molecule has 0 saturated heterocycles. The molecule has 0 spiro atoms. The van der Waals surface area contributed by atoms with E-state index in [1.54, 1.807) is 6.26 Å². The molecule has 2 rings (SSSR count). The van der Waals surface area contributed by atoms with Crippen LogP contribution in [-0.4, -0.2) is 15.4 Å². The molecule has 1 heterocycles. The van der Waals surface area contributed by atoms with Crippen molar-refractivity contribution in [2.75, 3.05) is 6.26 Å². The molecule has 0 amide bonds. The van der Waals surface area contributed by atoms with Crippen molar-refractivity contribution in [1.29, 1.82) is 0 Å². The summed E-state index contributed by atoms with van der Waals surface area (Å²) in [5, 5.41) is 0. The van der Waals surface area contributed by atoms with Crippen LogP contribution in [-0.2, 0) is 10.8 Å². The van der Waals surface area contributed by atoms with Gasteiger partial charge in [0, 0.05) is 39.4 Å². The first-order valence-corrected chi connectivity index (χ1v) is 6.59. The number of hydrogen-bond acceptors (Lipinski definition) is 2. The number of aromatic nitrogens is 1. The first kappa shape index (κ1) is 11.0. The molecule has 0 bridgehead atoms. The summed E-state index contributed by atoms with van der Waals surface area (Å²) in [4.78, 5) is 5.10. The molecule has 0 aliphatic carbocycles. The molecule has 3 heteroatoms. The number of pyridine rings is 1. The Labute approximate surface area is 97.8 Å². The molecule has 16 heavy (non-hydrogen) atoms. The number of benzene rings is 1. The summed E-state index contributed by atoms with van der Waals surface area (Å²) in [6.07, 6.45) is 3.54. The molecule has 1 atom stereocenters. The van der Waals surface area contributed by atoms with Crippen LogP contribution in [0.1, 0.15) is 5.69 Å². The maximum atomic E-state index is 11.2. The second-order valence-electron chi connectivity index (χ2n) is 3.67. The molecule has 1 unspecified atom stereocenters. The zero-order chi connectivity index (χ0) is 11.5. The average molecular weight is 231 g/mol. The van der Waals surface area contributed by atoms with E-state index < -0.39 is 10.8 Å². The Morgan fingerprint density at radius 2 is 1.62 bits per heavy atom. The summed E-state index contributed by atoms with van der Waals surface area (Å²) in [5.74, 6) is 0. The zero-order valence-corrected chi connectivity index (χ0v) is 10.1. The lowest BCUT2D eigenvalue weighted by Gasteiger charge is -2.02. The van der Waals surface area contributed by atoms with Crippen molar-refractivity contribution in [3.05, 3.63) is 48.3 Å². The quantitative estimate of drug-likeness (QED) is 0.795. The Morgan fingerprint density at radius 1 is 1.00 bits per heavy atom. The smallest absolute Gasteiger partial charge is 0.0498 e. The van der Waals surface area contributed by atoms with Crippen LogP contribution in [0.4, 0.5) is 0 Å². The molecular weight excluding hydrogens is 218 g/mol. The fourth-order valence-electron chi connectivity index (χ4n) is 1.48. The summed E-state index contributed by atoms with van der Waals surface area (Å²) in [6.45, 7) is 1.97. The molecule has 0 saturated carbocycles. The van der Waals surface area contributed by atoms with Gasteiger partial charge in [0.2, 0.25) is 0 Å². The van der Waals surface area contributed by atoms with Gasteiger partial charge in [0.15, 0.2) is 0 Å². The van der Waals surface area contributed by atoms with Crippen LogP contribution in [0.3, 0.4) is 0 Å². The molecular formula is C13H13NOS. The zero-order valence-electron chi connectivity index (χ0n) is 9.31. The molecule has 2 aromatic rings. The van der Waals surface area contributed by atoms with Gasteiger partial charge < -0.3 is 0 Å². The van der Waals surface area contributed by atoms with Gasteiger partial charge in [0.1, 0.15) is 0 Å². The molecule has 0 aliphatic rings. The summed E-state index contributed by atoms with van der Waals surface area (Å²) < 4.78 is 11.2. The van der Waals surface area contributed by atoms with Crippen molar-refractivity contribution < 1.29 is 4.21 Å². The Morgan fingerprint density at radius 3 is 2.12 bits per heavy atom. The summed E-state index contributed by atoms with van der Waals surface area (Å²) >= 11 is 0. The Kier molecular flexibility index (Phi) is 3.15. The van der Waals surface area contributed by atoms with E-state index >= 15 is 0 Å². The highest BCUT2D eigenvalue weighted by atomic mass is 32.2.